The lowest BCUT2D eigenvalue weighted by Gasteiger charge is -2.30. The molecule has 27 heteroatoms. The maximum absolute atomic E-state index is 6.16. The number of rotatable bonds is 27. The molecule has 9 aromatic rings. The van der Waals surface area contributed by atoms with E-state index in [-0.39, 0.29) is 15.7 Å². The van der Waals surface area contributed by atoms with E-state index in [2.05, 4.69) is 86.1 Å². The van der Waals surface area contributed by atoms with Gasteiger partial charge in [-0.3, -0.25) is 14.7 Å². The molecule has 0 amide bonds. The lowest BCUT2D eigenvalue weighted by molar-refractivity contribution is 0.145. The molecule has 3 aromatic carbocycles. The number of benzene rings is 3. The zero-order valence-electron chi connectivity index (χ0n) is 58.9. The van der Waals surface area contributed by atoms with Gasteiger partial charge in [0.2, 0.25) is 0 Å². The molecule has 3 aliphatic rings. The van der Waals surface area contributed by atoms with E-state index in [1.807, 2.05) is 75.4 Å². The first kappa shape index (κ1) is 74.6. The van der Waals surface area contributed by atoms with Gasteiger partial charge in [-0.25, -0.2) is 44.9 Å². The van der Waals surface area contributed by atoms with Gasteiger partial charge in [-0.15, -0.1) is 34.0 Å². The van der Waals surface area contributed by atoms with Crippen LogP contribution in [0.15, 0.2) is 88.3 Å². The number of nitrogens with two attached hydrogens (primary N) is 3. The van der Waals surface area contributed by atoms with E-state index < -0.39 is 0 Å². The van der Waals surface area contributed by atoms with E-state index in [4.69, 9.17) is 60.6 Å². The van der Waals surface area contributed by atoms with Crippen molar-refractivity contribution < 1.29 is 28.4 Å². The summed E-state index contributed by atoms with van der Waals surface area (Å²) < 4.78 is 34.9. The Morgan fingerprint density at radius 1 is 0.374 bits per heavy atom. The molecule has 0 bridgehead atoms. The number of nitrogen functional groups attached to an aromatic ring is 3. The summed E-state index contributed by atoms with van der Waals surface area (Å²) in [5.74, 6) is 5.97. The van der Waals surface area contributed by atoms with Gasteiger partial charge in [0.25, 0.3) is 0 Å². The second-order valence-electron chi connectivity index (χ2n) is 24.6. The number of thiazole rings is 3. The summed E-state index contributed by atoms with van der Waals surface area (Å²) in [5, 5.41) is 5.22. The molecular formula is C72H93N15O6S6. The maximum Gasteiger partial charge on any atom is 0.190 e. The predicted octanol–water partition coefficient (Wildman–Crippen LogP) is 15.4. The number of aryl methyl sites for hydroxylation is 6. The van der Waals surface area contributed by atoms with Crippen LogP contribution in [0.1, 0.15) is 124 Å². The molecule has 3 atom stereocenters. The summed E-state index contributed by atoms with van der Waals surface area (Å²) >= 11 is 9.77. The molecule has 0 aliphatic carbocycles. The predicted molar refractivity (Wildman–Crippen MR) is 406 cm³/mol. The number of aromatic nitrogens is 9. The summed E-state index contributed by atoms with van der Waals surface area (Å²) in [5.41, 5.74) is 26.5. The molecule has 9 heterocycles. The smallest absolute Gasteiger partial charge is 0.190 e. The summed E-state index contributed by atoms with van der Waals surface area (Å²) in [6.45, 7) is 30.2. The third kappa shape index (κ3) is 21.0. The van der Waals surface area contributed by atoms with Crippen LogP contribution < -0.4 is 45.6 Å². The number of likely N-dealkylation sites (tertiary alicyclic amines) is 3. The van der Waals surface area contributed by atoms with Crippen LogP contribution in [-0.4, -0.2) is 160 Å². The number of thioether (sulfide) groups is 3. The van der Waals surface area contributed by atoms with Crippen molar-refractivity contribution in [2.24, 2.45) is 0 Å². The van der Waals surface area contributed by atoms with Crippen molar-refractivity contribution in [3.63, 3.8) is 0 Å². The van der Waals surface area contributed by atoms with Crippen molar-refractivity contribution in [2.45, 2.75) is 132 Å². The lowest BCUT2D eigenvalue weighted by atomic mass is 10.1. The highest BCUT2D eigenvalue weighted by molar-refractivity contribution is 7.99. The summed E-state index contributed by atoms with van der Waals surface area (Å²) in [4.78, 5) is 52.3. The van der Waals surface area contributed by atoms with Crippen LogP contribution >= 0.6 is 69.3 Å². The van der Waals surface area contributed by atoms with Crippen LogP contribution in [0.3, 0.4) is 0 Å². The Kier molecular flexibility index (Phi) is 27.1. The highest BCUT2D eigenvalue weighted by atomic mass is 32.2. The molecule has 3 saturated heterocycles. The van der Waals surface area contributed by atoms with E-state index in [0.29, 0.717) is 52.7 Å². The SMILES string of the molecule is COc1ccc(-c2nc(C(C)Sc3nc(C)cc(N)n3)c(C)s2)cc1OCCN1CCC1.COc1ccc(-c2nc(C(C)Sc3nc(C)cc(N)n3)c(C)s2)cc1OCCN1CCCC1.COc1ccc(-c2nc(C(C)Sc3nc(C)cc(N)n3)c(C)s2)cc1OCCN1CCCCC1. The number of piperidine rings is 1. The van der Waals surface area contributed by atoms with E-state index in [0.717, 1.165) is 159 Å². The second-order valence-corrected chi connectivity index (χ2v) is 32.1. The average Bonchev–Trinajstić information content (AvgIpc) is 1.72. The van der Waals surface area contributed by atoms with Crippen molar-refractivity contribution in [1.29, 1.82) is 0 Å². The van der Waals surface area contributed by atoms with E-state index >= 15 is 0 Å². The fourth-order valence-corrected chi connectivity index (χ4v) is 17.9. The number of hydrogen-bond donors (Lipinski definition) is 3. The van der Waals surface area contributed by atoms with Crippen molar-refractivity contribution in [3.8, 4) is 66.2 Å². The first-order valence-corrected chi connectivity index (χ1v) is 38.7. The topological polar surface area (TPSA) is 259 Å². The van der Waals surface area contributed by atoms with Crippen LogP contribution in [0.25, 0.3) is 31.7 Å². The molecule has 3 fully saturated rings. The lowest BCUT2D eigenvalue weighted by Crippen LogP contribution is -2.39. The number of anilines is 3. The minimum absolute atomic E-state index is 0.102. The third-order valence-electron chi connectivity index (χ3n) is 16.9. The molecule has 6 aromatic heterocycles. The Morgan fingerprint density at radius 2 is 0.657 bits per heavy atom. The zero-order valence-corrected chi connectivity index (χ0v) is 63.8. The Labute approximate surface area is 607 Å². The Balaban J connectivity index is 0.000000161. The summed E-state index contributed by atoms with van der Waals surface area (Å²) in [6, 6.07) is 23.4. The number of ether oxygens (including phenoxy) is 6. The molecule has 6 N–H and O–H groups in total. The van der Waals surface area contributed by atoms with Crippen LogP contribution in [0, 0.1) is 41.5 Å². The van der Waals surface area contributed by atoms with Crippen molar-refractivity contribution in [2.75, 3.05) is 117 Å². The Hall–Kier alpha value is -7.08. The van der Waals surface area contributed by atoms with E-state index in [9.17, 15) is 0 Å². The molecule has 3 unspecified atom stereocenters. The molecular weight excluding hydrogens is 1360 g/mol. The van der Waals surface area contributed by atoms with Gasteiger partial charge in [-0.2, -0.15) is 0 Å². The molecule has 21 nitrogen and oxygen atoms in total. The van der Waals surface area contributed by atoms with Gasteiger partial charge in [0.1, 0.15) is 52.3 Å². The normalized spacial score (nSPS) is 15.0. The quantitative estimate of drug-likeness (QED) is 0.0319. The fourth-order valence-electron chi connectivity index (χ4n) is 11.6. The van der Waals surface area contributed by atoms with Gasteiger partial charge in [-0.05, 0) is 188 Å². The summed E-state index contributed by atoms with van der Waals surface area (Å²) in [7, 11) is 5.02. The Morgan fingerprint density at radius 3 is 0.919 bits per heavy atom. The van der Waals surface area contributed by atoms with Gasteiger partial charge in [0, 0.05) is 86.2 Å². The fraction of sp³-hybridized carbons (Fsp3) is 0.458. The second kappa shape index (κ2) is 36.0. The van der Waals surface area contributed by atoms with Crippen LogP contribution in [0.5, 0.6) is 34.5 Å². The van der Waals surface area contributed by atoms with Crippen LogP contribution in [0.4, 0.5) is 17.5 Å². The molecule has 0 spiro atoms. The standard InChI is InChI=1S/C25H33N5O2S2.C24H31N5O2S2.C23H29N5O2S2/c1-16-14-22(26)28-25(27-16)34-18(3)23-17(2)33-24(29-23)19-8-9-20(31-4)21(15-19)32-13-12-30-10-6-5-7-11-30;1-15-13-21(25)27-24(26-15)33-17(3)22-16(2)32-23(28-22)18-7-8-19(30-4)20(14-18)31-12-11-29-9-5-6-10-29;1-14-12-20(24)26-23(25-14)32-16(3)21-15(2)31-22(27-21)17-6-7-18(29-4)19(13-17)30-11-10-28-8-5-9-28/h8-9,14-15,18H,5-7,10-13H2,1-4H3,(H2,26,27,28);7-8,13-14,17H,5-6,9-12H2,1-4H3,(H2,25,26,27);6-7,12-13,16H,5,8-11H2,1-4H3,(H2,24,25,26). The molecule has 12 rings (SSSR count). The third-order valence-corrected chi connectivity index (χ3v) is 22.9. The van der Waals surface area contributed by atoms with Crippen molar-refractivity contribution >= 4 is 86.7 Å². The largest absolute Gasteiger partial charge is 0.493 e. The van der Waals surface area contributed by atoms with Crippen molar-refractivity contribution in [3.05, 3.63) is 122 Å². The first-order valence-electron chi connectivity index (χ1n) is 33.6. The van der Waals surface area contributed by atoms with Crippen molar-refractivity contribution in [1.82, 2.24) is 59.6 Å². The Bertz CT molecular complexity index is 4060. The molecule has 528 valence electrons. The first-order chi connectivity index (χ1) is 47.8. The minimum atomic E-state index is 0.102. The minimum Gasteiger partial charge on any atom is -0.493 e. The number of methoxy groups -OCH3 is 3. The summed E-state index contributed by atoms with van der Waals surface area (Å²) in [6.07, 6.45) is 7.75. The molecule has 3 aliphatic heterocycles. The maximum atomic E-state index is 6.16. The van der Waals surface area contributed by atoms with Crippen LogP contribution in [0.2, 0.25) is 0 Å². The van der Waals surface area contributed by atoms with Gasteiger partial charge in [-0.1, -0.05) is 41.7 Å². The van der Waals surface area contributed by atoms with E-state index in [1.165, 1.54) is 53.2 Å². The highest BCUT2D eigenvalue weighted by Gasteiger charge is 2.24. The van der Waals surface area contributed by atoms with Gasteiger partial charge in [0.15, 0.2) is 50.0 Å². The number of nitrogens with zero attached hydrogens (tertiary/aromatic N) is 12. The highest BCUT2D eigenvalue weighted by Crippen LogP contribution is 2.44. The number of hydrogen-bond acceptors (Lipinski definition) is 27. The average molecular weight is 1460 g/mol. The van der Waals surface area contributed by atoms with Gasteiger partial charge in [0.05, 0.1) is 54.2 Å². The zero-order chi connectivity index (χ0) is 70.1. The van der Waals surface area contributed by atoms with Gasteiger partial charge < -0.3 is 45.6 Å². The molecule has 0 radical (unpaired) electrons. The molecule has 99 heavy (non-hydrogen) atoms. The van der Waals surface area contributed by atoms with Crippen LogP contribution in [-0.2, 0) is 0 Å². The monoisotopic (exact) mass is 1460 g/mol. The van der Waals surface area contributed by atoms with Gasteiger partial charge >= 0.3 is 0 Å². The van der Waals surface area contributed by atoms with E-state index in [1.54, 1.807) is 109 Å². The molecule has 0 saturated carbocycles.